The summed E-state index contributed by atoms with van der Waals surface area (Å²) in [6, 6.07) is 10.3. The third kappa shape index (κ3) is 7.37. The number of benzene rings is 2. The van der Waals surface area contributed by atoms with Gasteiger partial charge in [-0.2, -0.15) is 14.0 Å². The molecule has 0 spiro atoms. The Hall–Kier alpha value is -2.74. The van der Waals surface area contributed by atoms with Crippen LogP contribution in [0.3, 0.4) is 0 Å². The maximum Gasteiger partial charge on any atom is 0.303 e. The van der Waals surface area contributed by atoms with E-state index < -0.39 is 32.9 Å². The number of aliphatic carboxylic acids is 2. The van der Waals surface area contributed by atoms with Crippen molar-refractivity contribution < 1.29 is 47.8 Å². The van der Waals surface area contributed by atoms with Crippen LogP contribution in [0.4, 0.5) is 17.1 Å². The predicted molar refractivity (Wildman–Crippen MR) is 120 cm³/mol. The Balaban J connectivity index is 2.02. The number of fused-ring (bicyclic) bond motifs is 2. The molecule has 0 saturated heterocycles. The second kappa shape index (κ2) is 11.3. The van der Waals surface area contributed by atoms with Gasteiger partial charge in [0, 0.05) is 51.4 Å². The van der Waals surface area contributed by atoms with Crippen LogP contribution in [0.2, 0.25) is 0 Å². The van der Waals surface area contributed by atoms with E-state index in [4.69, 9.17) is 13.9 Å². The minimum Gasteiger partial charge on any atom is -0.481 e. The van der Waals surface area contributed by atoms with Gasteiger partial charge < -0.3 is 20.0 Å². The van der Waals surface area contributed by atoms with Crippen molar-refractivity contribution in [3.05, 3.63) is 46.3 Å². The molecule has 2 aromatic carbocycles. The Morgan fingerprint density at radius 1 is 0.943 bits per heavy atom. The molecule has 1 atom stereocenters. The van der Waals surface area contributed by atoms with Crippen LogP contribution in [-0.2, 0) is 13.3 Å². The largest absolute Gasteiger partial charge is 0.481 e. The quantitative estimate of drug-likeness (QED) is 0.357. The number of hydrogen-bond donors (Lipinski definition) is 2. The van der Waals surface area contributed by atoms with E-state index in [-0.39, 0.29) is 12.8 Å². The van der Waals surface area contributed by atoms with Crippen molar-refractivity contribution in [2.75, 3.05) is 37.0 Å². The van der Waals surface area contributed by atoms with E-state index in [0.29, 0.717) is 57.8 Å². The van der Waals surface area contributed by atoms with Crippen molar-refractivity contribution in [1.82, 2.24) is 0 Å². The predicted octanol–water partition coefficient (Wildman–Crippen LogP) is -0.0389. The summed E-state index contributed by atoms with van der Waals surface area (Å²) < 4.78 is 40.2. The van der Waals surface area contributed by atoms with Crippen molar-refractivity contribution in [2.24, 2.45) is 4.99 Å². The molecule has 11 nitrogen and oxygen atoms in total. The summed E-state index contributed by atoms with van der Waals surface area (Å²) in [6.07, 6.45) is 0.871. The standard InChI is InChI=1S/C22H26ClN3O8S/c1-25(11-3-5-21(27)28)15-7-9-17-19(13-15)35(34-23(31,32)33)20-14-16(8-10-18(20)24-17)26(2)12-4-6-22(29)30/h7-10,13-14H,3-6,11-12H2,1-2H3,(H,27,28)(H,29,30). The van der Waals surface area contributed by atoms with E-state index in [1.807, 2.05) is 9.80 Å². The summed E-state index contributed by atoms with van der Waals surface area (Å²) in [4.78, 5) is 30.3. The molecule has 0 aliphatic carbocycles. The minimum absolute atomic E-state index is 0.0154. The summed E-state index contributed by atoms with van der Waals surface area (Å²) in [7, 11) is -2.78. The zero-order valence-corrected chi connectivity index (χ0v) is 20.8. The molecule has 1 heterocycles. The molecular formula is C22H26ClN3O8S. The second-order valence-corrected chi connectivity index (χ2v) is 10.6. The molecule has 1 aliphatic rings. The van der Waals surface area contributed by atoms with E-state index in [1.54, 1.807) is 50.5 Å². The zero-order chi connectivity index (χ0) is 25.8. The highest BCUT2D eigenvalue weighted by atomic mass is 35.7. The van der Waals surface area contributed by atoms with Crippen LogP contribution in [0.15, 0.2) is 46.3 Å². The Morgan fingerprint density at radius 2 is 1.49 bits per heavy atom. The first-order valence-corrected chi connectivity index (χ1v) is 13.0. The Morgan fingerprint density at radius 3 is 2.03 bits per heavy atom. The molecule has 3 rings (SSSR count). The van der Waals surface area contributed by atoms with Crippen LogP contribution >= 0.6 is 10.8 Å². The monoisotopic (exact) mass is 527 g/mol. The first-order valence-electron chi connectivity index (χ1n) is 10.7. The van der Waals surface area contributed by atoms with Crippen LogP contribution in [0.1, 0.15) is 25.7 Å². The second-order valence-electron chi connectivity index (χ2n) is 7.96. The van der Waals surface area contributed by atoms with Gasteiger partial charge in [-0.25, -0.2) is 4.99 Å². The van der Waals surface area contributed by atoms with Crippen molar-refractivity contribution in [3.63, 3.8) is 0 Å². The number of anilines is 2. The molecule has 35 heavy (non-hydrogen) atoms. The van der Waals surface area contributed by atoms with E-state index in [9.17, 15) is 23.6 Å². The van der Waals surface area contributed by atoms with Gasteiger partial charge in [-0.1, -0.05) is 0 Å². The zero-order valence-electron chi connectivity index (χ0n) is 19.2. The van der Waals surface area contributed by atoms with Crippen LogP contribution in [0, 0.1) is 14.8 Å². The number of rotatable bonds is 12. The highest BCUT2D eigenvalue weighted by Gasteiger charge is 2.29. The third-order valence-corrected chi connectivity index (χ3v) is 7.89. The highest BCUT2D eigenvalue weighted by Crippen LogP contribution is 2.43. The third-order valence-electron chi connectivity index (χ3n) is 5.32. The lowest BCUT2D eigenvalue weighted by molar-refractivity contribution is -1.91. The van der Waals surface area contributed by atoms with Gasteiger partial charge in [0.15, 0.2) is 10.8 Å². The number of carbonyl (C=O) groups is 2. The lowest BCUT2D eigenvalue weighted by atomic mass is 10.2. The van der Waals surface area contributed by atoms with Crippen molar-refractivity contribution in [1.29, 1.82) is 0 Å². The Labute approximate surface area is 206 Å². The molecule has 0 amide bonds. The summed E-state index contributed by atoms with van der Waals surface area (Å²) in [5.74, 6) is -1.78. The number of carboxylic acid groups (broad SMARTS) is 2. The van der Waals surface area contributed by atoms with Gasteiger partial charge in [0.1, 0.15) is 3.74 Å². The van der Waals surface area contributed by atoms with Gasteiger partial charge >= 0.3 is 11.9 Å². The van der Waals surface area contributed by atoms with Crippen molar-refractivity contribution >= 4 is 39.8 Å². The van der Waals surface area contributed by atoms with Gasteiger partial charge in [-0.3, -0.25) is 9.59 Å². The molecule has 2 aromatic rings. The van der Waals surface area contributed by atoms with Crippen LogP contribution in [0.5, 0.6) is 0 Å². The minimum atomic E-state index is -4.75. The number of hydrogen-bond acceptors (Lipinski definition) is 9. The summed E-state index contributed by atoms with van der Waals surface area (Å²) in [5.41, 5.74) is 1.84. The molecule has 0 fully saturated rings. The van der Waals surface area contributed by atoms with Gasteiger partial charge in [-0.05, 0) is 49.2 Å². The normalized spacial score (nSPS) is 14.5. The van der Waals surface area contributed by atoms with E-state index in [0.717, 1.165) is 0 Å². The van der Waals surface area contributed by atoms with Crippen LogP contribution < -0.4 is 29.1 Å². The highest BCUT2D eigenvalue weighted by molar-refractivity contribution is 8.05. The summed E-state index contributed by atoms with van der Waals surface area (Å²) >= 11 is 0. The van der Waals surface area contributed by atoms with Gasteiger partial charge in [0.2, 0.25) is 0 Å². The molecule has 0 aromatic heterocycles. The van der Waals surface area contributed by atoms with Gasteiger partial charge in [-0.15, -0.1) is 0 Å². The fraction of sp³-hybridized carbons (Fsp3) is 0.364. The van der Waals surface area contributed by atoms with E-state index in [1.165, 1.54) is 0 Å². The molecule has 13 heteroatoms. The molecule has 190 valence electrons. The average Bonchev–Trinajstić information content (AvgIpc) is 2.77. The maximum atomic E-state index is 11.6. The molecule has 0 saturated carbocycles. The molecule has 1 aliphatic heterocycles. The van der Waals surface area contributed by atoms with Gasteiger partial charge in [0.25, 0.3) is 0 Å². The Bertz CT molecular complexity index is 1230. The van der Waals surface area contributed by atoms with Crippen molar-refractivity contribution in [2.45, 2.75) is 30.6 Å². The van der Waals surface area contributed by atoms with E-state index in [2.05, 4.69) is 4.99 Å². The van der Waals surface area contributed by atoms with Crippen LogP contribution in [-0.4, -0.2) is 49.3 Å². The average molecular weight is 528 g/mol. The molecule has 2 N–H and O–H groups in total. The number of halogens is 1. The van der Waals surface area contributed by atoms with Crippen molar-refractivity contribution in [3.8, 4) is 0 Å². The lowest BCUT2D eigenvalue weighted by Crippen LogP contribution is -2.60. The number of nitrogens with zero attached hydrogens (tertiary/aromatic N) is 3. The first kappa shape index (κ1) is 26.9. The molecule has 0 radical (unpaired) electrons. The summed E-state index contributed by atoms with van der Waals surface area (Å²) in [5, 5.41) is 18.2. The molecule has 1 unspecified atom stereocenters. The maximum absolute atomic E-state index is 11.6. The smallest absolute Gasteiger partial charge is 0.303 e. The molecular weight excluding hydrogens is 502 g/mol. The van der Waals surface area contributed by atoms with Crippen LogP contribution in [0.25, 0.3) is 0 Å². The summed E-state index contributed by atoms with van der Waals surface area (Å²) in [6.45, 7) is 0.910. The Kier molecular flexibility index (Phi) is 8.70. The topological polar surface area (TPSA) is 172 Å². The fourth-order valence-electron chi connectivity index (χ4n) is 3.55. The number of carboxylic acids is 2. The first-order chi connectivity index (χ1) is 16.4. The SMILES string of the molecule is CN(CCCC(=O)O)c1ccc2c(c1)S(O[Cl+3]([O-])([O-])[O-])=c1cc(N(C)CCCC(=O)O)ccc1=N2. The lowest BCUT2D eigenvalue weighted by Gasteiger charge is -2.23. The fourth-order valence-corrected chi connectivity index (χ4v) is 6.01. The van der Waals surface area contributed by atoms with Gasteiger partial charge in [0.05, 0.1) is 30.7 Å². The molecule has 0 bridgehead atoms. The van der Waals surface area contributed by atoms with E-state index >= 15 is 0 Å².